The topological polar surface area (TPSA) is 68.0 Å². The third kappa shape index (κ3) is 5.07. The highest BCUT2D eigenvalue weighted by Crippen LogP contribution is 2.33. The van der Waals surface area contributed by atoms with E-state index in [0.717, 1.165) is 34.5 Å². The van der Waals surface area contributed by atoms with E-state index in [1.165, 1.54) is 24.2 Å². The maximum Gasteiger partial charge on any atom is 0.262 e. The highest BCUT2D eigenvalue weighted by Gasteiger charge is 2.18. The van der Waals surface area contributed by atoms with Gasteiger partial charge < -0.3 is 10.1 Å². The number of thioether (sulfide) groups is 1. The number of hydrogen-bond acceptors (Lipinski definition) is 6. The van der Waals surface area contributed by atoms with E-state index < -0.39 is 0 Å². The Bertz CT molecular complexity index is 1240. The molecule has 1 N–H and O–H groups in total. The van der Waals surface area contributed by atoms with Gasteiger partial charge in [-0.15, -0.1) is 23.1 Å². The number of carbonyl (C=O) groups excluding carboxylic acids is 1. The summed E-state index contributed by atoms with van der Waals surface area (Å²) in [5.41, 5.74) is 3.61. The SMILES string of the molecule is CSc1ccc(C=Nn2c(-c3ccc4c(c3)NC(=O)CO4)csc2=NC2CCCCC2)cc1. The van der Waals surface area contributed by atoms with E-state index in [1.807, 2.05) is 29.1 Å². The van der Waals surface area contributed by atoms with Crippen molar-refractivity contribution in [3.63, 3.8) is 0 Å². The first kappa shape index (κ1) is 22.0. The third-order valence-electron chi connectivity index (χ3n) is 5.90. The van der Waals surface area contributed by atoms with Crippen molar-refractivity contribution >= 4 is 40.9 Å². The van der Waals surface area contributed by atoms with Gasteiger partial charge in [-0.1, -0.05) is 31.4 Å². The largest absolute Gasteiger partial charge is 0.482 e. The average molecular weight is 479 g/mol. The molecule has 3 aromatic rings. The van der Waals surface area contributed by atoms with E-state index in [0.29, 0.717) is 17.5 Å². The van der Waals surface area contributed by atoms with Gasteiger partial charge in [0.2, 0.25) is 4.80 Å². The summed E-state index contributed by atoms with van der Waals surface area (Å²) in [4.78, 5) is 19.0. The number of ether oxygens (including phenoxy) is 1. The molecule has 1 aromatic heterocycles. The van der Waals surface area contributed by atoms with Crippen LogP contribution in [0.1, 0.15) is 37.7 Å². The van der Waals surface area contributed by atoms with Crippen molar-refractivity contribution in [2.24, 2.45) is 10.1 Å². The molecule has 2 heterocycles. The Kier molecular flexibility index (Phi) is 6.64. The number of fused-ring (bicyclic) bond motifs is 1. The molecule has 0 radical (unpaired) electrons. The summed E-state index contributed by atoms with van der Waals surface area (Å²) >= 11 is 3.33. The highest BCUT2D eigenvalue weighted by atomic mass is 32.2. The summed E-state index contributed by atoms with van der Waals surface area (Å²) in [6.45, 7) is 0.0504. The van der Waals surface area contributed by atoms with Crippen LogP contribution in [0.5, 0.6) is 5.75 Å². The highest BCUT2D eigenvalue weighted by molar-refractivity contribution is 7.98. The summed E-state index contributed by atoms with van der Waals surface area (Å²) in [6.07, 6.45) is 9.99. The molecule has 2 aromatic carbocycles. The second-order valence-electron chi connectivity index (χ2n) is 8.20. The van der Waals surface area contributed by atoms with E-state index in [2.05, 4.69) is 41.2 Å². The van der Waals surface area contributed by atoms with Crippen LogP contribution in [0.4, 0.5) is 5.69 Å². The van der Waals surface area contributed by atoms with Crippen LogP contribution >= 0.6 is 23.1 Å². The molecular formula is C25H26N4O2S2. The molecule has 1 aliphatic carbocycles. The quantitative estimate of drug-likeness (QED) is 0.395. The van der Waals surface area contributed by atoms with E-state index in [4.69, 9.17) is 14.8 Å². The molecule has 1 amide bonds. The first-order chi connectivity index (χ1) is 16.2. The number of benzene rings is 2. The van der Waals surface area contributed by atoms with Crippen molar-refractivity contribution in [3.8, 4) is 17.0 Å². The lowest BCUT2D eigenvalue weighted by Crippen LogP contribution is -2.25. The van der Waals surface area contributed by atoms with Gasteiger partial charge in [0.05, 0.1) is 23.6 Å². The standard InChI is InChI=1S/C25H26N4O2S2/c1-32-20-10-7-17(8-11-20)14-26-29-22(16-33-25(29)27-19-5-3-2-4-6-19)18-9-12-23-21(13-18)28-24(30)15-31-23/h7-14,16,19H,2-6,15H2,1H3,(H,28,30). The molecule has 8 heteroatoms. The predicted molar refractivity (Wildman–Crippen MR) is 136 cm³/mol. The van der Waals surface area contributed by atoms with E-state index in [1.54, 1.807) is 23.1 Å². The van der Waals surface area contributed by atoms with Crippen molar-refractivity contribution in [2.45, 2.75) is 43.0 Å². The monoisotopic (exact) mass is 478 g/mol. The fourth-order valence-electron chi connectivity index (χ4n) is 4.12. The lowest BCUT2D eigenvalue weighted by atomic mass is 9.96. The molecule has 6 nitrogen and oxygen atoms in total. The lowest BCUT2D eigenvalue weighted by molar-refractivity contribution is -0.118. The van der Waals surface area contributed by atoms with Gasteiger partial charge in [-0.3, -0.25) is 9.79 Å². The lowest BCUT2D eigenvalue weighted by Gasteiger charge is -2.18. The van der Waals surface area contributed by atoms with Gasteiger partial charge in [0.15, 0.2) is 6.61 Å². The van der Waals surface area contributed by atoms with Gasteiger partial charge in [-0.25, -0.2) is 4.68 Å². The normalized spacial score (nSPS) is 17.1. The Morgan fingerprint density at radius 3 is 2.76 bits per heavy atom. The Morgan fingerprint density at radius 2 is 1.97 bits per heavy atom. The van der Waals surface area contributed by atoms with Crippen LogP contribution in [0, 0.1) is 0 Å². The van der Waals surface area contributed by atoms with E-state index in [9.17, 15) is 4.79 Å². The van der Waals surface area contributed by atoms with Gasteiger partial charge in [-0.05, 0) is 55.0 Å². The fourth-order valence-corrected chi connectivity index (χ4v) is 5.44. The van der Waals surface area contributed by atoms with Crippen molar-refractivity contribution in [1.82, 2.24) is 4.68 Å². The maximum absolute atomic E-state index is 11.8. The molecule has 0 spiro atoms. The molecule has 0 unspecified atom stereocenters. The Labute approximate surface area is 201 Å². The summed E-state index contributed by atoms with van der Waals surface area (Å²) < 4.78 is 7.45. The second kappa shape index (κ2) is 9.97. The molecular weight excluding hydrogens is 452 g/mol. The minimum absolute atomic E-state index is 0.0504. The van der Waals surface area contributed by atoms with Gasteiger partial charge in [0, 0.05) is 15.8 Å². The molecule has 5 rings (SSSR count). The number of anilines is 1. The molecule has 0 bridgehead atoms. The number of hydrogen-bond donors (Lipinski definition) is 1. The van der Waals surface area contributed by atoms with Crippen molar-refractivity contribution in [3.05, 3.63) is 58.2 Å². The predicted octanol–water partition coefficient (Wildman–Crippen LogP) is 5.39. The maximum atomic E-state index is 11.8. The van der Waals surface area contributed by atoms with Gasteiger partial charge >= 0.3 is 0 Å². The van der Waals surface area contributed by atoms with Crippen molar-refractivity contribution in [1.29, 1.82) is 0 Å². The molecule has 170 valence electrons. The van der Waals surface area contributed by atoms with E-state index >= 15 is 0 Å². The van der Waals surface area contributed by atoms with Crippen LogP contribution < -0.4 is 14.9 Å². The molecule has 0 saturated heterocycles. The number of amides is 1. The molecule has 1 fully saturated rings. The molecule has 33 heavy (non-hydrogen) atoms. The summed E-state index contributed by atoms with van der Waals surface area (Å²) in [6, 6.07) is 14.5. The first-order valence-corrected chi connectivity index (χ1v) is 13.3. The average Bonchev–Trinajstić information content (AvgIpc) is 3.25. The number of thiazole rings is 1. The van der Waals surface area contributed by atoms with Gasteiger partial charge in [0.25, 0.3) is 5.91 Å². The Balaban J connectivity index is 1.54. The second-order valence-corrected chi connectivity index (χ2v) is 9.92. The van der Waals surface area contributed by atoms with Crippen LogP contribution in [0.3, 0.4) is 0 Å². The number of aromatic nitrogens is 1. The summed E-state index contributed by atoms with van der Waals surface area (Å²) in [7, 11) is 0. The smallest absolute Gasteiger partial charge is 0.262 e. The zero-order valence-corrected chi connectivity index (χ0v) is 20.1. The zero-order valence-electron chi connectivity index (χ0n) is 18.5. The first-order valence-electron chi connectivity index (χ1n) is 11.2. The molecule has 0 atom stereocenters. The van der Waals surface area contributed by atoms with Gasteiger partial charge in [-0.2, -0.15) is 5.10 Å². The number of nitrogens with zero attached hydrogens (tertiary/aromatic N) is 3. The zero-order chi connectivity index (χ0) is 22.6. The molecule has 1 aliphatic heterocycles. The molecule has 1 saturated carbocycles. The number of carbonyl (C=O) groups is 1. The van der Waals surface area contributed by atoms with Crippen molar-refractivity contribution in [2.75, 3.05) is 18.2 Å². The number of nitrogens with one attached hydrogen (secondary N) is 1. The number of rotatable bonds is 5. The van der Waals surface area contributed by atoms with Crippen LogP contribution in [-0.2, 0) is 4.79 Å². The third-order valence-corrected chi connectivity index (χ3v) is 7.47. The Morgan fingerprint density at radius 1 is 1.15 bits per heavy atom. The van der Waals surface area contributed by atoms with Crippen LogP contribution in [0.25, 0.3) is 11.3 Å². The van der Waals surface area contributed by atoms with Crippen molar-refractivity contribution < 1.29 is 9.53 Å². The minimum Gasteiger partial charge on any atom is -0.482 e. The minimum atomic E-state index is -0.141. The van der Waals surface area contributed by atoms with E-state index in [-0.39, 0.29) is 12.5 Å². The Hall–Kier alpha value is -2.84. The summed E-state index contributed by atoms with van der Waals surface area (Å²) in [5, 5.41) is 9.83. The van der Waals surface area contributed by atoms with Crippen LogP contribution in [0.15, 0.2) is 62.8 Å². The van der Waals surface area contributed by atoms with Crippen LogP contribution in [0.2, 0.25) is 0 Å². The molecule has 2 aliphatic rings. The summed E-state index contributed by atoms with van der Waals surface area (Å²) in [5.74, 6) is 0.544. The van der Waals surface area contributed by atoms with Crippen LogP contribution in [-0.4, -0.2) is 35.7 Å². The fraction of sp³-hybridized carbons (Fsp3) is 0.320. The van der Waals surface area contributed by atoms with Gasteiger partial charge in [0.1, 0.15) is 5.75 Å².